The first-order valence-corrected chi connectivity index (χ1v) is 7.61. The van der Waals surface area contributed by atoms with Crippen molar-refractivity contribution in [1.82, 2.24) is 0 Å². The van der Waals surface area contributed by atoms with Gasteiger partial charge in [-0.3, -0.25) is 0 Å². The summed E-state index contributed by atoms with van der Waals surface area (Å²) in [6.45, 7) is 6.93. The van der Waals surface area contributed by atoms with Gasteiger partial charge in [0.2, 0.25) is 0 Å². The molecule has 1 aromatic rings. The smallest absolute Gasteiger partial charge is 0.330 e. The summed E-state index contributed by atoms with van der Waals surface area (Å²) in [5.41, 5.74) is 2.37. The van der Waals surface area contributed by atoms with Crippen LogP contribution < -0.4 is 0 Å². The number of ether oxygens (including phenoxy) is 1. The molecule has 1 aromatic carbocycles. The highest BCUT2D eigenvalue weighted by molar-refractivity contribution is 5.86. The summed E-state index contributed by atoms with van der Waals surface area (Å²) >= 11 is 0. The standard InChI is InChI=1S/C19H26O2/c1-16(2)8-7-9-17(3)14-15-21-19(20)13-12-18-10-5-4-6-11-18/h4-6,8,10-13,17H,7,9,14-15H2,1-3H3/b13-12+/t17-/m0/s1. The van der Waals surface area contributed by atoms with Crippen molar-refractivity contribution >= 4 is 12.0 Å². The molecule has 0 amide bonds. The van der Waals surface area contributed by atoms with Crippen LogP contribution in [0.4, 0.5) is 0 Å². The van der Waals surface area contributed by atoms with Gasteiger partial charge < -0.3 is 4.74 Å². The lowest BCUT2D eigenvalue weighted by Gasteiger charge is -2.09. The minimum absolute atomic E-state index is 0.268. The fourth-order valence-electron chi connectivity index (χ4n) is 1.94. The number of benzene rings is 1. The molecule has 0 aliphatic carbocycles. The lowest BCUT2D eigenvalue weighted by atomic mass is 10.0. The maximum Gasteiger partial charge on any atom is 0.330 e. The van der Waals surface area contributed by atoms with Crippen molar-refractivity contribution in [2.24, 2.45) is 5.92 Å². The Morgan fingerprint density at radius 2 is 1.90 bits per heavy atom. The first kappa shape index (κ1) is 17.2. The predicted octanol–water partition coefficient (Wildman–Crippen LogP) is 5.02. The molecule has 0 unspecified atom stereocenters. The van der Waals surface area contributed by atoms with Gasteiger partial charge in [-0.15, -0.1) is 0 Å². The molecule has 2 nitrogen and oxygen atoms in total. The monoisotopic (exact) mass is 286 g/mol. The van der Waals surface area contributed by atoms with E-state index in [9.17, 15) is 4.79 Å². The first-order chi connectivity index (χ1) is 10.1. The molecule has 0 saturated carbocycles. The van der Waals surface area contributed by atoms with Crippen LogP contribution in [0.3, 0.4) is 0 Å². The van der Waals surface area contributed by atoms with E-state index in [0.29, 0.717) is 12.5 Å². The molecule has 0 heterocycles. The Morgan fingerprint density at radius 1 is 1.19 bits per heavy atom. The average molecular weight is 286 g/mol. The fraction of sp³-hybridized carbons (Fsp3) is 0.421. The van der Waals surface area contributed by atoms with Gasteiger partial charge in [0, 0.05) is 6.08 Å². The van der Waals surface area contributed by atoms with E-state index in [1.807, 2.05) is 30.3 Å². The van der Waals surface area contributed by atoms with Gasteiger partial charge in [0.1, 0.15) is 0 Å². The zero-order valence-corrected chi connectivity index (χ0v) is 13.3. The SMILES string of the molecule is CC(C)=CCC[C@H](C)CCOC(=O)/C=C/c1ccccc1. The van der Waals surface area contributed by atoms with Crippen molar-refractivity contribution in [2.75, 3.05) is 6.61 Å². The Hall–Kier alpha value is -1.83. The Kier molecular flexibility index (Phi) is 8.18. The van der Waals surface area contributed by atoms with Gasteiger partial charge in [-0.2, -0.15) is 0 Å². The molecule has 0 aromatic heterocycles. The minimum atomic E-state index is -0.268. The summed E-state index contributed by atoms with van der Waals surface area (Å²) in [5, 5.41) is 0. The number of rotatable bonds is 8. The number of carbonyl (C=O) groups is 1. The van der Waals surface area contributed by atoms with Gasteiger partial charge in [-0.25, -0.2) is 4.79 Å². The second kappa shape index (κ2) is 9.98. The Morgan fingerprint density at radius 3 is 2.57 bits per heavy atom. The number of esters is 1. The van der Waals surface area contributed by atoms with Crippen LogP contribution in [0.15, 0.2) is 48.1 Å². The van der Waals surface area contributed by atoms with E-state index < -0.39 is 0 Å². The summed E-state index contributed by atoms with van der Waals surface area (Å²) < 4.78 is 5.22. The van der Waals surface area contributed by atoms with Crippen molar-refractivity contribution in [3.63, 3.8) is 0 Å². The van der Waals surface area contributed by atoms with Crippen LogP contribution in [0, 0.1) is 5.92 Å². The molecule has 0 radical (unpaired) electrons. The van der Waals surface area contributed by atoms with E-state index in [4.69, 9.17) is 4.74 Å². The highest BCUT2D eigenvalue weighted by Gasteiger charge is 2.03. The van der Waals surface area contributed by atoms with Crippen molar-refractivity contribution in [2.45, 2.75) is 40.0 Å². The van der Waals surface area contributed by atoms with Crippen LogP contribution in [0.1, 0.15) is 45.6 Å². The molecule has 1 atom stereocenters. The molecular formula is C19H26O2. The minimum Gasteiger partial charge on any atom is -0.463 e. The molecule has 0 bridgehead atoms. The molecule has 0 aliphatic rings. The lowest BCUT2D eigenvalue weighted by Crippen LogP contribution is -2.06. The second-order valence-corrected chi connectivity index (χ2v) is 5.66. The molecule has 1 rings (SSSR count). The molecule has 114 valence electrons. The Balaban J connectivity index is 2.18. The quantitative estimate of drug-likeness (QED) is 0.381. The molecule has 0 fully saturated rings. The third-order valence-electron chi connectivity index (χ3n) is 3.28. The summed E-state index contributed by atoms with van der Waals surface area (Å²) in [7, 11) is 0. The van der Waals surface area contributed by atoms with E-state index in [0.717, 1.165) is 24.8 Å². The molecule has 0 aliphatic heterocycles. The number of hydrogen-bond acceptors (Lipinski definition) is 2. The molecule has 0 N–H and O–H groups in total. The second-order valence-electron chi connectivity index (χ2n) is 5.66. The average Bonchev–Trinajstić information content (AvgIpc) is 2.46. The van der Waals surface area contributed by atoms with Crippen LogP contribution in [-0.4, -0.2) is 12.6 Å². The topological polar surface area (TPSA) is 26.3 Å². The highest BCUT2D eigenvalue weighted by atomic mass is 16.5. The maximum atomic E-state index is 11.6. The highest BCUT2D eigenvalue weighted by Crippen LogP contribution is 2.12. The van der Waals surface area contributed by atoms with Crippen LogP contribution in [0.2, 0.25) is 0 Å². The molecule has 2 heteroatoms. The van der Waals surface area contributed by atoms with Gasteiger partial charge in [0.25, 0.3) is 0 Å². The lowest BCUT2D eigenvalue weighted by molar-refractivity contribution is -0.138. The largest absolute Gasteiger partial charge is 0.463 e. The zero-order valence-electron chi connectivity index (χ0n) is 13.3. The van der Waals surface area contributed by atoms with Gasteiger partial charge in [0.15, 0.2) is 0 Å². The number of allylic oxidation sites excluding steroid dienone is 2. The van der Waals surface area contributed by atoms with E-state index in [-0.39, 0.29) is 5.97 Å². The summed E-state index contributed by atoms with van der Waals surface area (Å²) in [4.78, 5) is 11.6. The van der Waals surface area contributed by atoms with Crippen LogP contribution in [0.25, 0.3) is 6.08 Å². The molecule has 21 heavy (non-hydrogen) atoms. The maximum absolute atomic E-state index is 11.6. The van der Waals surface area contributed by atoms with Gasteiger partial charge >= 0.3 is 5.97 Å². The van der Waals surface area contributed by atoms with Crippen LogP contribution in [0.5, 0.6) is 0 Å². The molecule has 0 saturated heterocycles. The van der Waals surface area contributed by atoms with E-state index in [1.165, 1.54) is 11.6 Å². The van der Waals surface area contributed by atoms with Crippen LogP contribution in [-0.2, 0) is 9.53 Å². The third kappa shape index (κ3) is 8.85. The summed E-state index contributed by atoms with van der Waals surface area (Å²) in [6.07, 6.45) is 8.68. The number of hydrogen-bond donors (Lipinski definition) is 0. The van der Waals surface area contributed by atoms with Gasteiger partial charge in [-0.05, 0) is 50.7 Å². The van der Waals surface area contributed by atoms with Gasteiger partial charge in [0.05, 0.1) is 6.61 Å². The van der Waals surface area contributed by atoms with Gasteiger partial charge in [-0.1, -0.05) is 48.9 Å². The summed E-state index contributed by atoms with van der Waals surface area (Å²) in [5.74, 6) is 0.307. The van der Waals surface area contributed by atoms with E-state index in [2.05, 4.69) is 26.8 Å². The Labute approximate surface area is 128 Å². The zero-order chi connectivity index (χ0) is 15.5. The summed E-state index contributed by atoms with van der Waals surface area (Å²) in [6, 6.07) is 9.74. The first-order valence-electron chi connectivity index (χ1n) is 7.61. The molecular weight excluding hydrogens is 260 g/mol. The van der Waals surface area contributed by atoms with E-state index in [1.54, 1.807) is 6.08 Å². The van der Waals surface area contributed by atoms with Crippen molar-refractivity contribution < 1.29 is 9.53 Å². The molecule has 0 spiro atoms. The third-order valence-corrected chi connectivity index (χ3v) is 3.28. The normalized spacial score (nSPS) is 12.1. The van der Waals surface area contributed by atoms with Crippen molar-refractivity contribution in [3.8, 4) is 0 Å². The Bertz CT molecular complexity index is 468. The van der Waals surface area contributed by atoms with Crippen molar-refractivity contribution in [1.29, 1.82) is 0 Å². The predicted molar refractivity (Wildman–Crippen MR) is 88.9 cm³/mol. The van der Waals surface area contributed by atoms with E-state index >= 15 is 0 Å². The van der Waals surface area contributed by atoms with Crippen LogP contribution >= 0.6 is 0 Å². The van der Waals surface area contributed by atoms with Crippen molar-refractivity contribution in [3.05, 3.63) is 53.6 Å². The number of carbonyl (C=O) groups excluding carboxylic acids is 1. The fourth-order valence-corrected chi connectivity index (χ4v) is 1.94.